The Hall–Kier alpha value is -2.31. The van der Waals surface area contributed by atoms with Crippen LogP contribution in [0.4, 0.5) is 4.79 Å². The zero-order valence-electron chi connectivity index (χ0n) is 15.1. The molecule has 0 aliphatic carbocycles. The third kappa shape index (κ3) is 6.99. The summed E-state index contributed by atoms with van der Waals surface area (Å²) in [6.45, 7) is 7.80. The molecule has 0 saturated carbocycles. The van der Waals surface area contributed by atoms with Gasteiger partial charge in [-0.25, -0.2) is 4.79 Å². The van der Waals surface area contributed by atoms with E-state index < -0.39 is 12.2 Å². The van der Waals surface area contributed by atoms with Gasteiger partial charge in [-0.3, -0.25) is 5.32 Å². The first kappa shape index (κ1) is 20.7. The predicted octanol–water partition coefficient (Wildman–Crippen LogP) is 2.46. The van der Waals surface area contributed by atoms with E-state index in [-0.39, 0.29) is 18.6 Å². The Labute approximate surface area is 149 Å². The van der Waals surface area contributed by atoms with E-state index in [1.807, 2.05) is 32.0 Å². The van der Waals surface area contributed by atoms with Crippen LogP contribution in [0.2, 0.25) is 0 Å². The van der Waals surface area contributed by atoms with E-state index in [1.165, 1.54) is 13.3 Å². The van der Waals surface area contributed by atoms with E-state index in [0.717, 1.165) is 11.1 Å². The van der Waals surface area contributed by atoms with Crippen molar-refractivity contribution >= 4 is 12.2 Å². The van der Waals surface area contributed by atoms with Crippen LogP contribution in [0.3, 0.4) is 0 Å². The molecule has 6 nitrogen and oxygen atoms in total. The molecule has 2 unspecified atom stereocenters. The molecule has 0 radical (unpaired) electrons. The second kappa shape index (κ2) is 10.5. The fourth-order valence-corrected chi connectivity index (χ4v) is 2.15. The molecule has 138 valence electrons. The lowest BCUT2D eigenvalue weighted by Gasteiger charge is -2.23. The number of nitrogens with one attached hydrogen (secondary N) is 1. The quantitative estimate of drug-likeness (QED) is 0.596. The third-order valence-corrected chi connectivity index (χ3v) is 3.73. The number of hydrogen-bond acceptors (Lipinski definition) is 5. The molecule has 1 amide bonds. The number of aliphatic hydroxyl groups is 1. The van der Waals surface area contributed by atoms with Crippen LogP contribution in [-0.2, 0) is 11.2 Å². The first-order chi connectivity index (χ1) is 11.9. The summed E-state index contributed by atoms with van der Waals surface area (Å²) >= 11 is 0. The van der Waals surface area contributed by atoms with Crippen molar-refractivity contribution in [2.24, 2.45) is 11.7 Å². The second-order valence-corrected chi connectivity index (χ2v) is 6.03. The molecular weight excluding hydrogens is 320 g/mol. The molecule has 0 aliphatic heterocycles. The topological polar surface area (TPSA) is 93.8 Å². The molecule has 0 fully saturated rings. The Kier molecular flexibility index (Phi) is 8.74. The summed E-state index contributed by atoms with van der Waals surface area (Å²) < 4.78 is 10.2. The number of carbonyl (C=O) groups excluding carboxylic acids is 1. The summed E-state index contributed by atoms with van der Waals surface area (Å²) in [6, 6.07) is 5.27. The summed E-state index contributed by atoms with van der Waals surface area (Å²) in [4.78, 5) is 11.0. The van der Waals surface area contributed by atoms with Gasteiger partial charge in [-0.1, -0.05) is 26.0 Å². The molecule has 6 heteroatoms. The van der Waals surface area contributed by atoms with E-state index in [2.05, 4.69) is 16.6 Å². The lowest BCUT2D eigenvalue weighted by molar-refractivity contribution is 0.0712. The minimum Gasteiger partial charge on any atom is -0.491 e. The van der Waals surface area contributed by atoms with E-state index in [0.29, 0.717) is 12.2 Å². The Balaban J connectivity index is 2.80. The number of hydrogen-bond donors (Lipinski definition) is 3. The fraction of sp³-hybridized carbons (Fsp3) is 0.421. The Morgan fingerprint density at radius 1 is 1.44 bits per heavy atom. The van der Waals surface area contributed by atoms with Crippen LogP contribution in [0.25, 0.3) is 6.08 Å². The smallest absolute Gasteiger partial charge is 0.410 e. The van der Waals surface area contributed by atoms with Crippen LogP contribution >= 0.6 is 0 Å². The molecule has 0 aromatic heterocycles. The van der Waals surface area contributed by atoms with Gasteiger partial charge in [-0.2, -0.15) is 0 Å². The van der Waals surface area contributed by atoms with E-state index in [9.17, 15) is 9.90 Å². The van der Waals surface area contributed by atoms with Gasteiger partial charge < -0.3 is 20.3 Å². The molecule has 0 spiro atoms. The van der Waals surface area contributed by atoms with Gasteiger partial charge in [0.1, 0.15) is 18.5 Å². The summed E-state index contributed by atoms with van der Waals surface area (Å²) in [5, 5.41) is 12.6. The standard InChI is InChI=1S/C19H28N2O4/c1-5-6-15-11-14(9-10-21-19(23)24-4)7-8-17(15)25-12-16(22)18(20)13(2)3/h5,7-11,13,16,18,22H,1,6,12,20H2,2-4H3,(H,21,23). The number of methoxy groups -OCH3 is 1. The number of benzene rings is 1. The monoisotopic (exact) mass is 348 g/mol. The number of allylic oxidation sites excluding steroid dienone is 1. The minimum atomic E-state index is -0.736. The highest BCUT2D eigenvalue weighted by molar-refractivity contribution is 5.69. The van der Waals surface area contributed by atoms with Crippen molar-refractivity contribution in [2.75, 3.05) is 13.7 Å². The van der Waals surface area contributed by atoms with E-state index >= 15 is 0 Å². The SMILES string of the molecule is C=CCc1cc(C=CNC(=O)OC)ccc1OCC(O)C(N)C(C)C. The summed E-state index contributed by atoms with van der Waals surface area (Å²) in [6.07, 6.45) is 4.38. The molecule has 0 saturated heterocycles. The lowest BCUT2D eigenvalue weighted by Crippen LogP contribution is -2.42. The normalized spacial score (nSPS) is 13.5. The maximum absolute atomic E-state index is 11.0. The van der Waals surface area contributed by atoms with E-state index in [4.69, 9.17) is 10.5 Å². The average molecular weight is 348 g/mol. The maximum Gasteiger partial charge on any atom is 0.410 e. The van der Waals surface area contributed by atoms with Gasteiger partial charge in [0.25, 0.3) is 0 Å². The molecule has 1 aromatic rings. The van der Waals surface area contributed by atoms with Crippen LogP contribution < -0.4 is 15.8 Å². The summed E-state index contributed by atoms with van der Waals surface area (Å²) in [7, 11) is 1.30. The third-order valence-electron chi connectivity index (χ3n) is 3.73. The van der Waals surface area contributed by atoms with Crippen molar-refractivity contribution in [1.82, 2.24) is 5.32 Å². The number of ether oxygens (including phenoxy) is 2. The molecule has 1 rings (SSSR count). The number of rotatable bonds is 9. The van der Waals surface area contributed by atoms with E-state index in [1.54, 1.807) is 12.2 Å². The Bertz CT molecular complexity index is 599. The van der Waals surface area contributed by atoms with Crippen molar-refractivity contribution in [1.29, 1.82) is 0 Å². The zero-order chi connectivity index (χ0) is 18.8. The van der Waals surface area contributed by atoms with Crippen molar-refractivity contribution in [3.05, 3.63) is 48.2 Å². The lowest BCUT2D eigenvalue weighted by atomic mass is 10.0. The molecule has 0 bridgehead atoms. The van der Waals surface area contributed by atoms with Gasteiger partial charge in [-0.15, -0.1) is 6.58 Å². The maximum atomic E-state index is 11.0. The van der Waals surface area contributed by atoms with Gasteiger partial charge in [0.05, 0.1) is 7.11 Å². The number of aliphatic hydroxyl groups excluding tert-OH is 1. The highest BCUT2D eigenvalue weighted by Crippen LogP contribution is 2.22. The molecule has 25 heavy (non-hydrogen) atoms. The number of nitrogens with two attached hydrogens (primary N) is 1. The van der Waals surface area contributed by atoms with Gasteiger partial charge in [0, 0.05) is 12.2 Å². The first-order valence-electron chi connectivity index (χ1n) is 8.20. The second-order valence-electron chi connectivity index (χ2n) is 6.03. The summed E-state index contributed by atoms with van der Waals surface area (Å²) in [5.74, 6) is 0.842. The minimum absolute atomic E-state index is 0.128. The highest BCUT2D eigenvalue weighted by Gasteiger charge is 2.19. The first-order valence-corrected chi connectivity index (χ1v) is 8.20. The summed E-state index contributed by atoms with van der Waals surface area (Å²) in [5.41, 5.74) is 7.76. The Morgan fingerprint density at radius 3 is 2.76 bits per heavy atom. The van der Waals surface area contributed by atoms with Gasteiger partial charge in [-0.05, 0) is 41.7 Å². The molecule has 4 N–H and O–H groups in total. The van der Waals surface area contributed by atoms with Gasteiger partial charge in [0.2, 0.25) is 0 Å². The molecular formula is C19H28N2O4. The van der Waals surface area contributed by atoms with Crippen molar-refractivity contribution in [3.8, 4) is 5.75 Å². The van der Waals surface area contributed by atoms with Crippen molar-refractivity contribution < 1.29 is 19.4 Å². The van der Waals surface area contributed by atoms with Crippen LogP contribution in [0, 0.1) is 5.92 Å². The molecule has 1 aromatic carbocycles. The average Bonchev–Trinajstić information content (AvgIpc) is 2.60. The molecule has 0 heterocycles. The van der Waals surface area contributed by atoms with Gasteiger partial charge >= 0.3 is 6.09 Å². The molecule has 2 atom stereocenters. The van der Waals surface area contributed by atoms with Gasteiger partial charge in [0.15, 0.2) is 0 Å². The highest BCUT2D eigenvalue weighted by atomic mass is 16.5. The molecule has 0 aliphatic rings. The van der Waals surface area contributed by atoms with Crippen LogP contribution in [0.15, 0.2) is 37.1 Å². The predicted molar refractivity (Wildman–Crippen MR) is 99.2 cm³/mol. The van der Waals surface area contributed by atoms with Crippen LogP contribution in [-0.4, -0.2) is 37.1 Å². The fourth-order valence-electron chi connectivity index (χ4n) is 2.15. The number of alkyl carbamates (subject to hydrolysis) is 1. The van der Waals surface area contributed by atoms with Crippen molar-refractivity contribution in [3.63, 3.8) is 0 Å². The van der Waals surface area contributed by atoms with Crippen molar-refractivity contribution in [2.45, 2.75) is 32.4 Å². The zero-order valence-corrected chi connectivity index (χ0v) is 15.1. The van der Waals surface area contributed by atoms with Crippen LogP contribution in [0.1, 0.15) is 25.0 Å². The number of amides is 1. The Morgan fingerprint density at radius 2 is 2.16 bits per heavy atom. The largest absolute Gasteiger partial charge is 0.491 e. The van der Waals surface area contributed by atoms with Crippen LogP contribution in [0.5, 0.6) is 5.75 Å². The number of carbonyl (C=O) groups is 1.